The lowest BCUT2D eigenvalue weighted by Gasteiger charge is -2.15. The van der Waals surface area contributed by atoms with Gasteiger partial charge in [-0.05, 0) is 41.8 Å². The highest BCUT2D eigenvalue weighted by atomic mass is 35.5. The molecular weight excluding hydrogens is 335 g/mol. The first-order valence-corrected chi connectivity index (χ1v) is 7.52. The van der Waals surface area contributed by atoms with Crippen LogP contribution in [0.3, 0.4) is 0 Å². The highest BCUT2D eigenvalue weighted by Crippen LogP contribution is 2.34. The van der Waals surface area contributed by atoms with Crippen molar-refractivity contribution in [3.8, 4) is 6.07 Å². The van der Waals surface area contributed by atoms with Gasteiger partial charge in [0, 0.05) is 15.7 Å². The van der Waals surface area contributed by atoms with Gasteiger partial charge in [-0.2, -0.15) is 5.26 Å². The summed E-state index contributed by atoms with van der Waals surface area (Å²) in [7, 11) is 1.28. The van der Waals surface area contributed by atoms with Gasteiger partial charge in [0.1, 0.15) is 0 Å². The van der Waals surface area contributed by atoms with E-state index in [2.05, 4.69) is 16.1 Å². The average molecular weight is 349 g/mol. The zero-order valence-corrected chi connectivity index (χ0v) is 14.1. The molecule has 0 aliphatic carbocycles. The van der Waals surface area contributed by atoms with Crippen molar-refractivity contribution in [1.29, 1.82) is 5.26 Å². The predicted molar refractivity (Wildman–Crippen MR) is 91.1 cm³/mol. The number of nitrogens with zero attached hydrogens (tertiary/aromatic N) is 1. The van der Waals surface area contributed by atoms with Gasteiger partial charge in [0.25, 0.3) is 0 Å². The molecule has 0 aliphatic heterocycles. The maximum Gasteiger partial charge on any atom is 0.411 e. The molecule has 2 rings (SSSR count). The van der Waals surface area contributed by atoms with E-state index in [1.54, 1.807) is 36.4 Å². The highest BCUT2D eigenvalue weighted by molar-refractivity contribution is 6.32. The molecule has 0 fully saturated rings. The van der Waals surface area contributed by atoms with E-state index in [0.29, 0.717) is 21.3 Å². The summed E-state index contributed by atoms with van der Waals surface area (Å²) in [5.41, 5.74) is 2.79. The van der Waals surface area contributed by atoms with Crippen molar-refractivity contribution < 1.29 is 9.53 Å². The van der Waals surface area contributed by atoms with Crippen molar-refractivity contribution in [2.24, 2.45) is 0 Å². The van der Waals surface area contributed by atoms with Crippen LogP contribution >= 0.6 is 23.2 Å². The lowest BCUT2D eigenvalue weighted by molar-refractivity contribution is 0.187. The smallest absolute Gasteiger partial charge is 0.411 e. The number of methoxy groups -OCH3 is 1. The van der Waals surface area contributed by atoms with Crippen LogP contribution < -0.4 is 5.32 Å². The quantitative estimate of drug-likeness (QED) is 0.835. The van der Waals surface area contributed by atoms with Crippen molar-refractivity contribution in [1.82, 2.24) is 0 Å². The Morgan fingerprint density at radius 1 is 1.26 bits per heavy atom. The number of hydrogen-bond donors (Lipinski definition) is 1. The van der Waals surface area contributed by atoms with Crippen molar-refractivity contribution in [2.75, 3.05) is 12.4 Å². The molecule has 1 amide bonds. The SMILES string of the molecule is COC(=O)Nc1cc(Cl)c([C@H](C#N)c2ccc(Cl)cc2)cc1C. The second-order valence-electron chi connectivity index (χ2n) is 4.92. The van der Waals surface area contributed by atoms with Crippen LogP contribution in [-0.2, 0) is 4.74 Å². The third-order valence-electron chi connectivity index (χ3n) is 3.41. The number of hydrogen-bond acceptors (Lipinski definition) is 3. The fraction of sp³-hybridized carbons (Fsp3) is 0.176. The number of carbonyl (C=O) groups excluding carboxylic acids is 1. The van der Waals surface area contributed by atoms with Gasteiger partial charge in [-0.25, -0.2) is 4.79 Å². The normalized spacial score (nSPS) is 11.4. The molecule has 0 aromatic heterocycles. The molecule has 0 saturated carbocycles. The topological polar surface area (TPSA) is 62.1 Å². The van der Waals surface area contributed by atoms with E-state index < -0.39 is 12.0 Å². The van der Waals surface area contributed by atoms with Crippen molar-refractivity contribution in [3.05, 3.63) is 63.1 Å². The molecule has 0 aliphatic rings. The molecule has 0 spiro atoms. The van der Waals surface area contributed by atoms with Crippen LogP contribution in [0.2, 0.25) is 10.0 Å². The number of halogens is 2. The molecule has 6 heteroatoms. The number of benzene rings is 2. The van der Waals surface area contributed by atoms with E-state index >= 15 is 0 Å². The van der Waals surface area contributed by atoms with Gasteiger partial charge in [0.05, 0.1) is 19.1 Å². The zero-order valence-electron chi connectivity index (χ0n) is 12.6. The highest BCUT2D eigenvalue weighted by Gasteiger charge is 2.19. The fourth-order valence-electron chi connectivity index (χ4n) is 2.20. The molecule has 2 aromatic carbocycles. The van der Waals surface area contributed by atoms with Crippen LogP contribution in [0.5, 0.6) is 0 Å². The number of nitrogens with one attached hydrogen (secondary N) is 1. The minimum Gasteiger partial charge on any atom is -0.453 e. The molecule has 0 saturated heterocycles. The first-order valence-electron chi connectivity index (χ1n) is 6.76. The molecular formula is C17H14Cl2N2O2. The summed E-state index contributed by atoms with van der Waals surface area (Å²) in [4.78, 5) is 11.3. The van der Waals surface area contributed by atoms with E-state index in [1.807, 2.05) is 6.92 Å². The van der Waals surface area contributed by atoms with Gasteiger partial charge in [-0.1, -0.05) is 41.4 Å². The second kappa shape index (κ2) is 7.36. The summed E-state index contributed by atoms with van der Waals surface area (Å²) < 4.78 is 4.57. The Morgan fingerprint density at radius 3 is 2.48 bits per heavy atom. The van der Waals surface area contributed by atoms with Gasteiger partial charge in [0.15, 0.2) is 0 Å². The fourth-order valence-corrected chi connectivity index (χ4v) is 2.60. The lowest BCUT2D eigenvalue weighted by Crippen LogP contribution is -2.12. The van der Waals surface area contributed by atoms with Gasteiger partial charge in [0.2, 0.25) is 0 Å². The lowest BCUT2D eigenvalue weighted by atomic mass is 9.91. The minimum absolute atomic E-state index is 0.392. The molecule has 0 unspecified atom stereocenters. The molecule has 4 nitrogen and oxygen atoms in total. The van der Waals surface area contributed by atoms with E-state index in [9.17, 15) is 10.1 Å². The summed E-state index contributed by atoms with van der Waals surface area (Å²) >= 11 is 12.2. The molecule has 0 radical (unpaired) electrons. The van der Waals surface area contributed by atoms with Crippen molar-refractivity contribution in [3.63, 3.8) is 0 Å². The average Bonchev–Trinajstić information content (AvgIpc) is 2.54. The number of anilines is 1. The van der Waals surface area contributed by atoms with Crippen molar-refractivity contribution in [2.45, 2.75) is 12.8 Å². The van der Waals surface area contributed by atoms with Crippen LogP contribution in [-0.4, -0.2) is 13.2 Å². The third-order valence-corrected chi connectivity index (χ3v) is 3.99. The number of nitriles is 1. The molecule has 23 heavy (non-hydrogen) atoms. The Balaban J connectivity index is 2.42. The molecule has 0 heterocycles. The van der Waals surface area contributed by atoms with E-state index in [0.717, 1.165) is 11.1 Å². The minimum atomic E-state index is -0.577. The molecule has 118 valence electrons. The summed E-state index contributed by atoms with van der Waals surface area (Å²) in [5, 5.41) is 13.1. The van der Waals surface area contributed by atoms with Crippen molar-refractivity contribution >= 4 is 35.0 Å². The largest absolute Gasteiger partial charge is 0.453 e. The first kappa shape index (κ1) is 17.1. The van der Waals surface area contributed by atoms with Gasteiger partial charge < -0.3 is 4.74 Å². The molecule has 1 atom stereocenters. The molecule has 2 aromatic rings. The van der Waals surface area contributed by atoms with E-state index in [4.69, 9.17) is 23.2 Å². The Labute approximate surface area is 144 Å². The monoisotopic (exact) mass is 348 g/mol. The Morgan fingerprint density at radius 2 is 1.91 bits per heavy atom. The molecule has 0 bridgehead atoms. The molecule has 1 N–H and O–H groups in total. The van der Waals surface area contributed by atoms with E-state index in [1.165, 1.54) is 7.11 Å². The Bertz CT molecular complexity index is 767. The van der Waals surface area contributed by atoms with Crippen LogP contribution in [0.15, 0.2) is 36.4 Å². The van der Waals surface area contributed by atoms with Gasteiger partial charge in [-0.3, -0.25) is 5.32 Å². The number of rotatable bonds is 3. The zero-order chi connectivity index (χ0) is 17.0. The van der Waals surface area contributed by atoms with Crippen LogP contribution in [0, 0.1) is 18.3 Å². The standard InChI is InChI=1S/C17H14Cl2N2O2/c1-10-7-13(15(19)8-16(10)21-17(22)23-2)14(9-20)11-3-5-12(18)6-4-11/h3-8,14H,1-2H3,(H,21,22)/t14-/m1/s1. The Hall–Kier alpha value is -2.22. The summed E-state index contributed by atoms with van der Waals surface area (Å²) in [5.74, 6) is -0.523. The van der Waals surface area contributed by atoms with Crippen LogP contribution in [0.4, 0.5) is 10.5 Å². The maximum absolute atomic E-state index is 11.3. The summed E-state index contributed by atoms with van der Waals surface area (Å²) in [6.45, 7) is 1.82. The van der Waals surface area contributed by atoms with Crippen LogP contribution in [0.25, 0.3) is 0 Å². The number of aryl methyl sites for hydroxylation is 1. The number of ether oxygens (including phenoxy) is 1. The Kier molecular flexibility index (Phi) is 5.49. The van der Waals surface area contributed by atoms with Gasteiger partial charge >= 0.3 is 6.09 Å². The first-order chi connectivity index (χ1) is 11.0. The van der Waals surface area contributed by atoms with E-state index in [-0.39, 0.29) is 0 Å². The predicted octanol–water partition coefficient (Wildman–Crippen LogP) is 5.14. The number of amides is 1. The van der Waals surface area contributed by atoms with Crippen LogP contribution in [0.1, 0.15) is 22.6 Å². The maximum atomic E-state index is 11.3. The number of carbonyl (C=O) groups is 1. The van der Waals surface area contributed by atoms with Gasteiger partial charge in [-0.15, -0.1) is 0 Å². The summed E-state index contributed by atoms with van der Waals surface area (Å²) in [6, 6.07) is 12.7. The summed E-state index contributed by atoms with van der Waals surface area (Å²) in [6.07, 6.45) is -0.577. The third kappa shape index (κ3) is 3.95. The second-order valence-corrected chi connectivity index (χ2v) is 5.76.